The van der Waals surface area contributed by atoms with E-state index < -0.39 is 0 Å². The fourth-order valence-electron chi connectivity index (χ4n) is 3.26. The number of aliphatic hydroxyl groups is 1. The van der Waals surface area contributed by atoms with Gasteiger partial charge < -0.3 is 15.0 Å². The highest BCUT2D eigenvalue weighted by atomic mass is 16.3. The lowest BCUT2D eigenvalue weighted by Crippen LogP contribution is -2.44. The van der Waals surface area contributed by atoms with Gasteiger partial charge in [-0.3, -0.25) is 0 Å². The molecule has 3 rings (SSSR count). The zero-order valence-electron chi connectivity index (χ0n) is 13.0. The molecule has 2 N–H and O–H groups in total. The molecule has 0 aliphatic carbocycles. The van der Waals surface area contributed by atoms with Crippen molar-refractivity contribution in [1.29, 1.82) is 0 Å². The van der Waals surface area contributed by atoms with Gasteiger partial charge in [0.25, 0.3) is 0 Å². The van der Waals surface area contributed by atoms with Crippen molar-refractivity contribution in [1.82, 2.24) is 14.9 Å². The number of hydrogen-bond donors (Lipinski definition) is 2. The predicted molar refractivity (Wildman–Crippen MR) is 85.5 cm³/mol. The Morgan fingerprint density at radius 1 is 1.38 bits per heavy atom. The number of aryl methyl sites for hydroxylation is 3. The number of fused-ring (bicyclic) bond motifs is 1. The summed E-state index contributed by atoms with van der Waals surface area (Å²) in [6.45, 7) is 6.26. The first-order valence-electron chi connectivity index (χ1n) is 7.99. The molecule has 1 fully saturated rings. The average Bonchev–Trinajstić information content (AvgIpc) is 2.89. The van der Waals surface area contributed by atoms with Crippen molar-refractivity contribution in [3.63, 3.8) is 0 Å². The summed E-state index contributed by atoms with van der Waals surface area (Å²) < 4.78 is 2.23. The summed E-state index contributed by atoms with van der Waals surface area (Å²) in [7, 11) is 0. The Hall–Kier alpha value is -1.39. The highest BCUT2D eigenvalue weighted by Crippen LogP contribution is 2.21. The molecule has 1 aliphatic rings. The van der Waals surface area contributed by atoms with E-state index in [0.29, 0.717) is 0 Å². The first-order valence-corrected chi connectivity index (χ1v) is 7.99. The van der Waals surface area contributed by atoms with Crippen LogP contribution in [0.25, 0.3) is 11.0 Å². The number of nitrogens with one attached hydrogen (secondary N) is 1. The summed E-state index contributed by atoms with van der Waals surface area (Å²) in [5, 5.41) is 13.4. The molecule has 2 atom stereocenters. The molecule has 1 aromatic carbocycles. The summed E-state index contributed by atoms with van der Waals surface area (Å²) in [4.78, 5) is 4.56. The molecule has 21 heavy (non-hydrogen) atoms. The van der Waals surface area contributed by atoms with Gasteiger partial charge in [-0.25, -0.2) is 4.98 Å². The van der Waals surface area contributed by atoms with Crippen LogP contribution in [0.1, 0.15) is 36.8 Å². The highest BCUT2D eigenvalue weighted by molar-refractivity contribution is 5.80. The van der Waals surface area contributed by atoms with Crippen LogP contribution >= 0.6 is 0 Å². The number of aliphatic hydroxyl groups excluding tert-OH is 1. The maximum atomic E-state index is 9.98. The molecule has 1 saturated heterocycles. The number of piperidine rings is 1. The lowest BCUT2D eigenvalue weighted by atomic mass is 9.97. The standard InChI is InChI=1S/C17H25N3O/c1-12-7-8-15-17(13(12)2)19-11-20(15)10-4-5-14-16(21)6-3-9-18-14/h7-8,11,14,16,18,21H,3-6,9-10H2,1-2H3/t14-,16?/m0/s1. The molecule has 0 radical (unpaired) electrons. The van der Waals surface area contributed by atoms with Crippen LogP contribution < -0.4 is 5.32 Å². The van der Waals surface area contributed by atoms with Gasteiger partial charge in [-0.1, -0.05) is 6.07 Å². The van der Waals surface area contributed by atoms with E-state index in [1.165, 1.54) is 16.6 Å². The monoisotopic (exact) mass is 287 g/mol. The Kier molecular flexibility index (Phi) is 4.27. The second-order valence-electron chi connectivity index (χ2n) is 6.23. The SMILES string of the molecule is Cc1ccc2c(ncn2CCC[C@@H]2NCCCC2O)c1C. The van der Waals surface area contributed by atoms with Crippen molar-refractivity contribution in [2.45, 2.75) is 58.2 Å². The van der Waals surface area contributed by atoms with Gasteiger partial charge in [0.15, 0.2) is 0 Å². The van der Waals surface area contributed by atoms with E-state index in [-0.39, 0.29) is 12.1 Å². The molecule has 2 aromatic rings. The Balaban J connectivity index is 1.64. The largest absolute Gasteiger partial charge is 0.392 e. The van der Waals surface area contributed by atoms with Crippen LogP contribution in [-0.2, 0) is 6.54 Å². The third-order valence-electron chi connectivity index (χ3n) is 4.78. The van der Waals surface area contributed by atoms with Crippen molar-refractivity contribution in [3.8, 4) is 0 Å². The third-order valence-corrected chi connectivity index (χ3v) is 4.78. The molecule has 0 saturated carbocycles. The van der Waals surface area contributed by atoms with Crippen LogP contribution in [0.5, 0.6) is 0 Å². The average molecular weight is 287 g/mol. The van der Waals surface area contributed by atoms with Gasteiger partial charge >= 0.3 is 0 Å². The molecule has 1 aromatic heterocycles. The van der Waals surface area contributed by atoms with Gasteiger partial charge in [0.1, 0.15) is 0 Å². The number of nitrogens with zero attached hydrogens (tertiary/aromatic N) is 2. The molecule has 114 valence electrons. The maximum Gasteiger partial charge on any atom is 0.0958 e. The first kappa shape index (κ1) is 14.5. The number of rotatable bonds is 4. The Morgan fingerprint density at radius 3 is 3.05 bits per heavy atom. The lowest BCUT2D eigenvalue weighted by Gasteiger charge is -2.29. The van der Waals surface area contributed by atoms with Crippen LogP contribution in [-0.4, -0.2) is 33.3 Å². The van der Waals surface area contributed by atoms with Crippen molar-refractivity contribution >= 4 is 11.0 Å². The molecule has 0 amide bonds. The fourth-order valence-corrected chi connectivity index (χ4v) is 3.26. The van der Waals surface area contributed by atoms with Crippen LogP contribution in [0.4, 0.5) is 0 Å². The molecule has 4 nitrogen and oxygen atoms in total. The van der Waals surface area contributed by atoms with Gasteiger partial charge in [0.2, 0.25) is 0 Å². The number of aromatic nitrogens is 2. The van der Waals surface area contributed by atoms with E-state index in [2.05, 4.69) is 40.8 Å². The van der Waals surface area contributed by atoms with Crippen LogP contribution in [0.2, 0.25) is 0 Å². The zero-order chi connectivity index (χ0) is 14.8. The zero-order valence-corrected chi connectivity index (χ0v) is 13.0. The van der Waals surface area contributed by atoms with Crippen molar-refractivity contribution in [2.75, 3.05) is 6.54 Å². The minimum Gasteiger partial charge on any atom is -0.392 e. The van der Waals surface area contributed by atoms with Gasteiger partial charge in [-0.2, -0.15) is 0 Å². The van der Waals surface area contributed by atoms with E-state index >= 15 is 0 Å². The number of hydrogen-bond acceptors (Lipinski definition) is 3. The Bertz CT molecular complexity index is 620. The lowest BCUT2D eigenvalue weighted by molar-refractivity contribution is 0.0909. The summed E-state index contributed by atoms with van der Waals surface area (Å²) in [5.41, 5.74) is 4.90. The van der Waals surface area contributed by atoms with Crippen LogP contribution in [0.3, 0.4) is 0 Å². The molecular weight excluding hydrogens is 262 g/mol. The minimum absolute atomic E-state index is 0.178. The predicted octanol–water partition coefficient (Wildman–Crippen LogP) is 2.55. The summed E-state index contributed by atoms with van der Waals surface area (Å²) >= 11 is 0. The van der Waals surface area contributed by atoms with Gasteiger partial charge in [0, 0.05) is 12.6 Å². The van der Waals surface area contributed by atoms with E-state index in [4.69, 9.17) is 0 Å². The Labute approximate surface area is 126 Å². The van der Waals surface area contributed by atoms with Crippen LogP contribution in [0, 0.1) is 13.8 Å². The molecule has 0 spiro atoms. The molecular formula is C17H25N3O. The van der Waals surface area contributed by atoms with Crippen molar-refractivity contribution < 1.29 is 5.11 Å². The minimum atomic E-state index is -0.178. The quantitative estimate of drug-likeness (QED) is 0.908. The normalized spacial score (nSPS) is 22.8. The smallest absolute Gasteiger partial charge is 0.0958 e. The molecule has 1 aliphatic heterocycles. The van der Waals surface area contributed by atoms with Crippen molar-refractivity contribution in [2.24, 2.45) is 0 Å². The van der Waals surface area contributed by atoms with Crippen molar-refractivity contribution in [3.05, 3.63) is 29.6 Å². The molecule has 0 bridgehead atoms. The summed E-state index contributed by atoms with van der Waals surface area (Å²) in [6.07, 6.45) is 5.87. The van der Waals surface area contributed by atoms with E-state index in [0.717, 1.165) is 44.3 Å². The number of imidazole rings is 1. The highest BCUT2D eigenvalue weighted by Gasteiger charge is 2.21. The fraction of sp³-hybridized carbons (Fsp3) is 0.588. The molecule has 2 heterocycles. The van der Waals surface area contributed by atoms with E-state index in [9.17, 15) is 5.11 Å². The molecule has 4 heteroatoms. The van der Waals surface area contributed by atoms with E-state index in [1.54, 1.807) is 0 Å². The van der Waals surface area contributed by atoms with Gasteiger partial charge in [-0.15, -0.1) is 0 Å². The Morgan fingerprint density at radius 2 is 2.24 bits per heavy atom. The second-order valence-corrected chi connectivity index (χ2v) is 6.23. The summed E-state index contributed by atoms with van der Waals surface area (Å²) in [6, 6.07) is 4.60. The van der Waals surface area contributed by atoms with Gasteiger partial charge in [0.05, 0.1) is 23.5 Å². The first-order chi connectivity index (χ1) is 10.2. The number of benzene rings is 1. The van der Waals surface area contributed by atoms with E-state index in [1.807, 2.05) is 6.33 Å². The van der Waals surface area contributed by atoms with Gasteiger partial charge in [-0.05, 0) is 63.3 Å². The maximum absolute atomic E-state index is 9.98. The summed E-state index contributed by atoms with van der Waals surface area (Å²) in [5.74, 6) is 0. The third kappa shape index (κ3) is 2.97. The topological polar surface area (TPSA) is 50.1 Å². The second kappa shape index (κ2) is 6.16. The molecule has 1 unspecified atom stereocenters. The van der Waals surface area contributed by atoms with Crippen LogP contribution in [0.15, 0.2) is 18.5 Å².